The minimum atomic E-state index is -0.872. The van der Waals surface area contributed by atoms with Crippen LogP contribution in [0.25, 0.3) is 0 Å². The van der Waals surface area contributed by atoms with Crippen LogP contribution in [0.3, 0.4) is 0 Å². The Morgan fingerprint density at radius 1 is 0.914 bits per heavy atom. The quantitative estimate of drug-likeness (QED) is 0.547. The average Bonchev–Trinajstić information content (AvgIpc) is 2.92. The van der Waals surface area contributed by atoms with Crippen LogP contribution in [0.4, 0.5) is 0 Å². The van der Waals surface area contributed by atoms with Crippen molar-refractivity contribution in [2.45, 2.75) is 44.1 Å². The zero-order valence-corrected chi connectivity index (χ0v) is 20.6. The van der Waals surface area contributed by atoms with E-state index < -0.39 is 5.60 Å². The molecule has 0 N–H and O–H groups in total. The van der Waals surface area contributed by atoms with Crippen LogP contribution in [-0.4, -0.2) is 73.7 Å². The number of nitrogens with zero attached hydrogens (tertiary/aromatic N) is 2. The van der Waals surface area contributed by atoms with E-state index >= 15 is 0 Å². The van der Waals surface area contributed by atoms with Crippen LogP contribution in [0, 0.1) is 0 Å². The van der Waals surface area contributed by atoms with Gasteiger partial charge in [-0.05, 0) is 49.4 Å². The summed E-state index contributed by atoms with van der Waals surface area (Å²) in [4.78, 5) is 30.2. The number of aryl methyl sites for hydroxylation is 1. The van der Waals surface area contributed by atoms with Gasteiger partial charge in [-0.15, -0.1) is 0 Å². The Balaban J connectivity index is 1.44. The highest BCUT2D eigenvalue weighted by Crippen LogP contribution is 2.27. The molecule has 7 heteroatoms. The SMILES string of the molecule is COc1ccccc1CCC(=O)N1CCOC(COc2ccccc2)(CC(=O)N2CCCCC2)C1. The molecule has 0 bridgehead atoms. The monoisotopic (exact) mass is 480 g/mol. The first-order valence-corrected chi connectivity index (χ1v) is 12.6. The summed E-state index contributed by atoms with van der Waals surface area (Å²) in [6.07, 6.45) is 4.41. The molecule has 0 spiro atoms. The number of carbonyl (C=O) groups excluding carboxylic acids is 2. The third-order valence-corrected chi connectivity index (χ3v) is 6.83. The standard InChI is InChI=1S/C28H36N2O5/c1-33-25-13-7-6-10-23(25)14-15-26(31)30-18-19-35-28(21-30,22-34-24-11-4-2-5-12-24)20-27(32)29-16-8-3-9-17-29/h2,4-7,10-13H,3,8-9,14-22H2,1H3. The minimum absolute atomic E-state index is 0.0497. The van der Waals surface area contributed by atoms with Crippen molar-refractivity contribution < 1.29 is 23.8 Å². The number of hydrogen-bond acceptors (Lipinski definition) is 5. The van der Waals surface area contributed by atoms with Crippen LogP contribution in [-0.2, 0) is 20.7 Å². The molecule has 2 aromatic rings. The Kier molecular flexibility index (Phi) is 8.64. The second-order valence-electron chi connectivity index (χ2n) is 9.38. The molecule has 1 atom stereocenters. The van der Waals surface area contributed by atoms with E-state index in [1.54, 1.807) is 7.11 Å². The second kappa shape index (κ2) is 12.1. The number of likely N-dealkylation sites (tertiary alicyclic amines) is 1. The molecule has 2 amide bonds. The number of morpholine rings is 1. The molecule has 7 nitrogen and oxygen atoms in total. The Morgan fingerprint density at radius 2 is 1.66 bits per heavy atom. The molecule has 0 aliphatic carbocycles. The molecule has 2 saturated heterocycles. The highest BCUT2D eigenvalue weighted by molar-refractivity contribution is 5.79. The molecule has 2 fully saturated rings. The molecular formula is C28H36N2O5. The predicted molar refractivity (Wildman–Crippen MR) is 134 cm³/mol. The van der Waals surface area contributed by atoms with Crippen molar-refractivity contribution in [2.24, 2.45) is 0 Å². The van der Waals surface area contributed by atoms with Crippen molar-refractivity contribution in [3.05, 3.63) is 60.2 Å². The lowest BCUT2D eigenvalue weighted by molar-refractivity contribution is -0.166. The van der Waals surface area contributed by atoms with Gasteiger partial charge in [-0.2, -0.15) is 0 Å². The van der Waals surface area contributed by atoms with E-state index in [0.29, 0.717) is 32.5 Å². The van der Waals surface area contributed by atoms with Gasteiger partial charge in [0.1, 0.15) is 23.7 Å². The molecule has 1 unspecified atom stereocenters. The van der Waals surface area contributed by atoms with Crippen molar-refractivity contribution in [1.82, 2.24) is 9.80 Å². The molecule has 4 rings (SSSR count). The van der Waals surface area contributed by atoms with Gasteiger partial charge in [0, 0.05) is 26.1 Å². The summed E-state index contributed by atoms with van der Waals surface area (Å²) in [6.45, 7) is 3.02. The Hall–Kier alpha value is -3.06. The van der Waals surface area contributed by atoms with Gasteiger partial charge in [0.15, 0.2) is 0 Å². The second-order valence-corrected chi connectivity index (χ2v) is 9.38. The summed E-state index contributed by atoms with van der Waals surface area (Å²) in [7, 11) is 1.64. The fourth-order valence-corrected chi connectivity index (χ4v) is 4.87. The van der Waals surface area contributed by atoms with Gasteiger partial charge >= 0.3 is 0 Å². The molecule has 188 valence electrons. The van der Waals surface area contributed by atoms with Gasteiger partial charge in [-0.1, -0.05) is 36.4 Å². The van der Waals surface area contributed by atoms with E-state index in [4.69, 9.17) is 14.2 Å². The van der Waals surface area contributed by atoms with E-state index in [9.17, 15) is 9.59 Å². The summed E-state index contributed by atoms with van der Waals surface area (Å²) in [5.74, 6) is 1.64. The van der Waals surface area contributed by atoms with E-state index in [2.05, 4.69) is 0 Å². The van der Waals surface area contributed by atoms with Crippen molar-refractivity contribution >= 4 is 11.8 Å². The maximum absolute atomic E-state index is 13.2. The first-order chi connectivity index (χ1) is 17.1. The molecule has 0 aromatic heterocycles. The van der Waals surface area contributed by atoms with Crippen LogP contribution in [0.1, 0.15) is 37.7 Å². The first kappa shape index (κ1) is 25.0. The molecule has 2 aliphatic rings. The molecule has 2 heterocycles. The van der Waals surface area contributed by atoms with Gasteiger partial charge in [-0.25, -0.2) is 0 Å². The lowest BCUT2D eigenvalue weighted by Gasteiger charge is -2.43. The van der Waals surface area contributed by atoms with Crippen molar-refractivity contribution in [3.63, 3.8) is 0 Å². The van der Waals surface area contributed by atoms with Crippen LogP contribution in [0.15, 0.2) is 54.6 Å². The summed E-state index contributed by atoms with van der Waals surface area (Å²) in [5, 5.41) is 0. The number of methoxy groups -OCH3 is 1. The fraction of sp³-hybridized carbons (Fsp3) is 0.500. The van der Waals surface area contributed by atoms with Crippen LogP contribution >= 0.6 is 0 Å². The summed E-state index contributed by atoms with van der Waals surface area (Å²) in [6, 6.07) is 17.3. The number of ether oxygens (including phenoxy) is 3. The number of amides is 2. The number of carbonyl (C=O) groups is 2. The first-order valence-electron chi connectivity index (χ1n) is 12.6. The Morgan fingerprint density at radius 3 is 2.43 bits per heavy atom. The number of para-hydroxylation sites is 2. The number of benzene rings is 2. The maximum Gasteiger partial charge on any atom is 0.225 e. The highest BCUT2D eigenvalue weighted by Gasteiger charge is 2.42. The molecular weight excluding hydrogens is 444 g/mol. The van der Waals surface area contributed by atoms with Crippen molar-refractivity contribution in [1.29, 1.82) is 0 Å². The van der Waals surface area contributed by atoms with E-state index in [1.165, 1.54) is 0 Å². The van der Waals surface area contributed by atoms with Crippen LogP contribution < -0.4 is 9.47 Å². The normalized spacial score (nSPS) is 20.4. The highest BCUT2D eigenvalue weighted by atomic mass is 16.5. The van der Waals surface area contributed by atoms with Gasteiger partial charge in [0.25, 0.3) is 0 Å². The zero-order valence-electron chi connectivity index (χ0n) is 20.6. The van der Waals surface area contributed by atoms with Gasteiger partial charge in [0.2, 0.25) is 11.8 Å². The molecule has 2 aliphatic heterocycles. The molecule has 0 radical (unpaired) electrons. The largest absolute Gasteiger partial charge is 0.496 e. The smallest absolute Gasteiger partial charge is 0.225 e. The van der Waals surface area contributed by atoms with Crippen molar-refractivity contribution in [3.8, 4) is 11.5 Å². The van der Waals surface area contributed by atoms with Gasteiger partial charge in [0.05, 0.1) is 26.7 Å². The Bertz CT molecular complexity index is 976. The number of rotatable bonds is 9. The number of piperidine rings is 1. The zero-order chi connectivity index (χ0) is 24.5. The lowest BCUT2D eigenvalue weighted by atomic mass is 9.95. The van der Waals surface area contributed by atoms with E-state index in [0.717, 1.165) is 49.4 Å². The van der Waals surface area contributed by atoms with Crippen molar-refractivity contribution in [2.75, 3.05) is 46.5 Å². The average molecular weight is 481 g/mol. The lowest BCUT2D eigenvalue weighted by Crippen LogP contribution is -2.58. The summed E-state index contributed by atoms with van der Waals surface area (Å²) < 4.78 is 17.7. The van der Waals surface area contributed by atoms with Gasteiger partial charge < -0.3 is 24.0 Å². The maximum atomic E-state index is 13.2. The molecule has 0 saturated carbocycles. The van der Waals surface area contributed by atoms with Gasteiger partial charge in [-0.3, -0.25) is 9.59 Å². The molecule has 35 heavy (non-hydrogen) atoms. The number of hydrogen-bond donors (Lipinski definition) is 0. The van der Waals surface area contributed by atoms with Crippen LogP contribution in [0.5, 0.6) is 11.5 Å². The topological polar surface area (TPSA) is 68.3 Å². The third-order valence-electron chi connectivity index (χ3n) is 6.83. The van der Waals surface area contributed by atoms with Crippen LogP contribution in [0.2, 0.25) is 0 Å². The van der Waals surface area contributed by atoms with E-state index in [-0.39, 0.29) is 24.8 Å². The Labute approximate surface area is 207 Å². The molecule has 2 aromatic carbocycles. The minimum Gasteiger partial charge on any atom is -0.496 e. The fourth-order valence-electron chi connectivity index (χ4n) is 4.87. The predicted octanol–water partition coefficient (Wildman–Crippen LogP) is 3.71. The summed E-state index contributed by atoms with van der Waals surface area (Å²) >= 11 is 0. The van der Waals surface area contributed by atoms with E-state index in [1.807, 2.05) is 64.4 Å². The third kappa shape index (κ3) is 6.75. The summed E-state index contributed by atoms with van der Waals surface area (Å²) in [5.41, 5.74) is 0.137.